The van der Waals surface area contributed by atoms with E-state index < -0.39 is 18.2 Å². The van der Waals surface area contributed by atoms with Gasteiger partial charge in [-0.2, -0.15) is 0 Å². The molecule has 4 N–H and O–H groups in total. The molecule has 2 unspecified atom stereocenters. The number of likely N-dealkylation sites (tertiary alicyclic amines) is 1. The number of carbonyl (C=O) groups is 4. The fourth-order valence-corrected chi connectivity index (χ4v) is 8.31. The molecule has 3 aliphatic rings. The number of methoxy groups -OCH3 is 2. The zero-order valence-corrected chi connectivity index (χ0v) is 33.9. The number of ether oxygens (including phenoxy) is 3. The first kappa shape index (κ1) is 40.1. The maximum absolute atomic E-state index is 13.6. The summed E-state index contributed by atoms with van der Waals surface area (Å²) in [7, 11) is 2.55. The summed E-state index contributed by atoms with van der Waals surface area (Å²) in [6.45, 7) is 9.30. The van der Waals surface area contributed by atoms with Crippen LogP contribution in [0.4, 0.5) is 9.59 Å². The minimum atomic E-state index is -0.712. The third-order valence-electron chi connectivity index (χ3n) is 11.3. The van der Waals surface area contributed by atoms with E-state index in [0.717, 1.165) is 71.7 Å². The molecule has 4 amide bonds. The maximum Gasteiger partial charge on any atom is 0.407 e. The van der Waals surface area contributed by atoms with Crippen molar-refractivity contribution in [1.82, 2.24) is 40.4 Å². The molecule has 4 heterocycles. The Bertz CT molecular complexity index is 2220. The number of aromatic nitrogens is 4. The van der Waals surface area contributed by atoms with Crippen molar-refractivity contribution in [3.05, 3.63) is 82.9 Å². The van der Waals surface area contributed by atoms with E-state index >= 15 is 0 Å². The minimum absolute atomic E-state index is 0.107. The summed E-state index contributed by atoms with van der Waals surface area (Å²) >= 11 is 0. The van der Waals surface area contributed by atoms with E-state index in [-0.39, 0.29) is 42.8 Å². The molecule has 0 spiro atoms. The molecule has 306 valence electrons. The van der Waals surface area contributed by atoms with Gasteiger partial charge in [-0.25, -0.2) is 19.6 Å². The molecule has 3 atom stereocenters. The first-order valence-electron chi connectivity index (χ1n) is 20.0. The highest BCUT2D eigenvalue weighted by Gasteiger charge is 2.34. The van der Waals surface area contributed by atoms with Crippen molar-refractivity contribution in [1.29, 1.82) is 0 Å². The van der Waals surface area contributed by atoms with E-state index in [1.54, 1.807) is 16.0 Å². The Labute approximate surface area is 337 Å². The van der Waals surface area contributed by atoms with Crippen LogP contribution in [0.3, 0.4) is 0 Å². The number of rotatable bonds is 12. The van der Waals surface area contributed by atoms with Crippen LogP contribution < -0.4 is 15.4 Å². The summed E-state index contributed by atoms with van der Waals surface area (Å²) in [6.07, 6.45) is 6.31. The van der Waals surface area contributed by atoms with Gasteiger partial charge in [0.15, 0.2) is 0 Å². The Morgan fingerprint density at radius 3 is 2.48 bits per heavy atom. The summed E-state index contributed by atoms with van der Waals surface area (Å²) in [4.78, 5) is 69.6. The van der Waals surface area contributed by atoms with Gasteiger partial charge in [0.25, 0.3) is 0 Å². The molecule has 1 fully saturated rings. The van der Waals surface area contributed by atoms with E-state index in [2.05, 4.69) is 78.6 Å². The first-order chi connectivity index (χ1) is 28.0. The van der Waals surface area contributed by atoms with Crippen molar-refractivity contribution in [2.24, 2.45) is 5.92 Å². The second-order valence-electron chi connectivity index (χ2n) is 15.4. The minimum Gasteiger partial charge on any atom is -0.461 e. The van der Waals surface area contributed by atoms with Crippen molar-refractivity contribution >= 4 is 29.6 Å². The third kappa shape index (κ3) is 8.16. The van der Waals surface area contributed by atoms with Crippen LogP contribution in [0.5, 0.6) is 5.75 Å². The van der Waals surface area contributed by atoms with Gasteiger partial charge in [-0.15, -0.1) is 0 Å². The molecule has 1 saturated heterocycles. The fraction of sp³-hybridized carbons (Fsp3) is 0.442. The number of H-pyrrole nitrogens is 2. The van der Waals surface area contributed by atoms with E-state index in [1.165, 1.54) is 30.9 Å². The number of alkyl carbamates (subject to hydrolysis) is 2. The normalized spacial score (nSPS) is 17.5. The Morgan fingerprint density at radius 2 is 1.72 bits per heavy atom. The lowest BCUT2D eigenvalue weighted by atomic mass is 9.78. The zero-order chi connectivity index (χ0) is 41.1. The molecule has 1 aliphatic carbocycles. The van der Waals surface area contributed by atoms with E-state index in [1.807, 2.05) is 27.0 Å². The van der Waals surface area contributed by atoms with E-state index in [4.69, 9.17) is 9.47 Å². The lowest BCUT2D eigenvalue weighted by Gasteiger charge is -2.33. The number of allylic oxidation sites excluding steroid dienone is 2. The van der Waals surface area contributed by atoms with Crippen molar-refractivity contribution in [2.75, 3.05) is 33.9 Å². The van der Waals surface area contributed by atoms with Crippen molar-refractivity contribution in [3.63, 3.8) is 0 Å². The Kier molecular flexibility index (Phi) is 11.9. The number of fused-ring (bicyclic) bond motifs is 3. The third-order valence-corrected chi connectivity index (χ3v) is 11.3. The average Bonchev–Trinajstić information content (AvgIpc) is 4.03. The SMILES string of the molecule is CCCN(Cc1ncc(-c2ccc3c(c2)CCC2=C3C(C)c3ccc(-c4cnc([C@@H]5CCCN5C(=O)CNC(=O)OC)[nH]4)cc3O2)[nH]1)C(=O)C(NC(=O)OC)C(C)C. The average molecular weight is 793 g/mol. The van der Waals surface area contributed by atoms with E-state index in [0.29, 0.717) is 24.7 Å². The Hall–Kier alpha value is -6.12. The molecule has 2 aromatic carbocycles. The predicted molar refractivity (Wildman–Crippen MR) is 216 cm³/mol. The number of aryl methyl sites for hydroxylation is 1. The zero-order valence-electron chi connectivity index (χ0n) is 33.9. The van der Waals surface area contributed by atoms with Crippen molar-refractivity contribution in [2.45, 2.75) is 84.3 Å². The molecule has 15 nitrogen and oxygen atoms in total. The number of nitrogens with one attached hydrogen (secondary N) is 4. The van der Waals surface area contributed by atoms with Crippen molar-refractivity contribution < 1.29 is 33.4 Å². The molecule has 2 aliphatic heterocycles. The van der Waals surface area contributed by atoms with Gasteiger partial charge < -0.3 is 44.6 Å². The van der Waals surface area contributed by atoms with E-state index in [9.17, 15) is 19.2 Å². The van der Waals surface area contributed by atoms with Gasteiger partial charge >= 0.3 is 12.2 Å². The Morgan fingerprint density at radius 1 is 0.983 bits per heavy atom. The molecule has 0 saturated carbocycles. The van der Waals surface area contributed by atoms with Gasteiger partial charge in [0.05, 0.1) is 50.6 Å². The molecule has 58 heavy (non-hydrogen) atoms. The fourth-order valence-electron chi connectivity index (χ4n) is 8.31. The summed E-state index contributed by atoms with van der Waals surface area (Å²) in [5, 5.41) is 5.16. The van der Waals surface area contributed by atoms with Crippen LogP contribution in [0.25, 0.3) is 28.1 Å². The van der Waals surface area contributed by atoms with Crippen LogP contribution in [-0.4, -0.2) is 93.6 Å². The van der Waals surface area contributed by atoms with Gasteiger partial charge in [-0.3, -0.25) is 9.59 Å². The topological polar surface area (TPSA) is 184 Å². The van der Waals surface area contributed by atoms with Crippen LogP contribution in [0.2, 0.25) is 0 Å². The van der Waals surface area contributed by atoms with Crippen molar-refractivity contribution in [3.8, 4) is 28.3 Å². The summed E-state index contributed by atoms with van der Waals surface area (Å²) < 4.78 is 16.0. The number of hydrogen-bond acceptors (Lipinski definition) is 9. The van der Waals surface area contributed by atoms with Gasteiger partial charge in [0, 0.05) is 42.1 Å². The van der Waals surface area contributed by atoms with Crippen LogP contribution in [0, 0.1) is 5.92 Å². The molecule has 7 rings (SSSR count). The summed E-state index contributed by atoms with van der Waals surface area (Å²) in [5.41, 5.74) is 8.38. The molecular formula is C43H52N8O7. The van der Waals surface area contributed by atoms with Crippen LogP contribution in [-0.2, 0) is 32.0 Å². The molecular weight excluding hydrogens is 741 g/mol. The number of nitrogens with zero attached hydrogens (tertiary/aromatic N) is 4. The number of amides is 4. The highest BCUT2D eigenvalue weighted by atomic mass is 16.5. The van der Waals surface area contributed by atoms with Crippen LogP contribution >= 0.6 is 0 Å². The van der Waals surface area contributed by atoms with Crippen LogP contribution in [0.15, 0.2) is 54.6 Å². The van der Waals surface area contributed by atoms with Crippen LogP contribution in [0.1, 0.15) is 93.7 Å². The van der Waals surface area contributed by atoms with Gasteiger partial charge in [-0.05, 0) is 60.4 Å². The molecule has 0 bridgehead atoms. The second-order valence-corrected chi connectivity index (χ2v) is 15.4. The van der Waals surface area contributed by atoms with Gasteiger partial charge in [0.2, 0.25) is 11.8 Å². The summed E-state index contributed by atoms with van der Waals surface area (Å²) in [6, 6.07) is 11.8. The number of imidazole rings is 2. The summed E-state index contributed by atoms with van der Waals surface area (Å²) in [5.74, 6) is 2.81. The standard InChI is InChI=1S/C43H52N8O7/c1-7-16-50(41(53)39(24(2)3)49-43(55)57-6)23-36-44-20-31(47-36)27-11-14-30-26(18-27)12-15-34-38(30)25(4)29-13-10-28(19-35(29)58-34)32-21-45-40(48-32)33-9-8-17-51(33)37(52)22-46-42(54)56-5/h10-11,13-14,18-21,24-25,33,39H,7-9,12,15-17,22-23H2,1-6H3,(H,44,47)(H,45,48)(H,46,54)(H,49,55)/t25?,33-,39?/m0/s1. The molecule has 0 radical (unpaired) electrons. The monoisotopic (exact) mass is 792 g/mol. The lowest BCUT2D eigenvalue weighted by Crippen LogP contribution is -2.51. The number of aromatic amines is 2. The lowest BCUT2D eigenvalue weighted by molar-refractivity contribution is -0.135. The van der Waals surface area contributed by atoms with Gasteiger partial charge in [0.1, 0.15) is 35.7 Å². The number of hydrogen-bond donors (Lipinski definition) is 4. The first-order valence-corrected chi connectivity index (χ1v) is 20.0. The quantitative estimate of drug-likeness (QED) is 0.125. The maximum atomic E-state index is 13.6. The largest absolute Gasteiger partial charge is 0.461 e. The molecule has 15 heteroatoms. The Balaban J connectivity index is 1.05. The number of benzene rings is 2. The molecule has 4 aromatic rings. The highest BCUT2D eigenvalue weighted by Crippen LogP contribution is 2.49. The van der Waals surface area contributed by atoms with Gasteiger partial charge in [-0.1, -0.05) is 52.0 Å². The predicted octanol–water partition coefficient (Wildman–Crippen LogP) is 6.46. The smallest absolute Gasteiger partial charge is 0.407 e. The second kappa shape index (κ2) is 17.2. The number of carbonyl (C=O) groups excluding carboxylic acids is 4. The molecule has 2 aromatic heterocycles. The highest BCUT2D eigenvalue weighted by molar-refractivity contribution is 5.86.